The highest BCUT2D eigenvalue weighted by Gasteiger charge is 2.13. The summed E-state index contributed by atoms with van der Waals surface area (Å²) in [7, 11) is 1.99. The Kier molecular flexibility index (Phi) is 4.89. The van der Waals surface area contributed by atoms with Crippen LogP contribution in [0.3, 0.4) is 0 Å². The van der Waals surface area contributed by atoms with Gasteiger partial charge in [0.15, 0.2) is 11.0 Å². The van der Waals surface area contributed by atoms with E-state index in [4.69, 9.17) is 16.6 Å². The van der Waals surface area contributed by atoms with Gasteiger partial charge in [-0.2, -0.15) is 0 Å². The van der Waals surface area contributed by atoms with Gasteiger partial charge in [-0.25, -0.2) is 4.98 Å². The Morgan fingerprint density at radius 1 is 1.12 bits per heavy atom. The van der Waals surface area contributed by atoms with Gasteiger partial charge in [0.1, 0.15) is 5.01 Å². The van der Waals surface area contributed by atoms with Crippen molar-refractivity contribution in [2.24, 2.45) is 7.05 Å². The highest BCUT2D eigenvalue weighted by molar-refractivity contribution is 7.98. The maximum atomic E-state index is 6.25. The van der Waals surface area contributed by atoms with Crippen molar-refractivity contribution < 1.29 is 0 Å². The lowest BCUT2D eigenvalue weighted by Crippen LogP contribution is -1.94. The zero-order valence-corrected chi connectivity index (χ0v) is 16.4. The Bertz CT molecular complexity index is 991. The Labute approximate surface area is 162 Å². The van der Waals surface area contributed by atoms with Crippen LogP contribution in [0.15, 0.2) is 52.3 Å². The molecule has 0 aliphatic heterocycles. The van der Waals surface area contributed by atoms with Crippen LogP contribution in [0.1, 0.15) is 5.69 Å². The SMILES string of the molecule is Cn1c(SCc2csc(-c3ccccc3Cl)n2)nnc1-c1cccs1. The summed E-state index contributed by atoms with van der Waals surface area (Å²) in [5.74, 6) is 1.64. The molecule has 0 aliphatic carbocycles. The average Bonchev–Trinajstić information content (AvgIpc) is 3.34. The summed E-state index contributed by atoms with van der Waals surface area (Å²) < 4.78 is 2.03. The van der Waals surface area contributed by atoms with Gasteiger partial charge in [0, 0.05) is 23.7 Å². The minimum Gasteiger partial charge on any atom is -0.304 e. The number of hydrogen-bond donors (Lipinski definition) is 0. The van der Waals surface area contributed by atoms with Crippen LogP contribution in [-0.2, 0) is 12.8 Å². The third kappa shape index (κ3) is 3.50. The van der Waals surface area contributed by atoms with Crippen molar-refractivity contribution in [1.29, 1.82) is 0 Å². The monoisotopic (exact) mass is 404 g/mol. The summed E-state index contributed by atoms with van der Waals surface area (Å²) in [5, 5.41) is 15.3. The van der Waals surface area contributed by atoms with Gasteiger partial charge in [0.05, 0.1) is 15.6 Å². The molecule has 0 fully saturated rings. The lowest BCUT2D eigenvalue weighted by atomic mass is 10.2. The molecular weight excluding hydrogens is 392 g/mol. The summed E-state index contributed by atoms with van der Waals surface area (Å²) in [6.45, 7) is 0. The second-order valence-corrected chi connectivity index (χ2v) is 8.41. The average molecular weight is 405 g/mol. The minimum absolute atomic E-state index is 0.727. The first kappa shape index (κ1) is 16.8. The number of thiophene rings is 1. The topological polar surface area (TPSA) is 43.6 Å². The second kappa shape index (κ2) is 7.29. The van der Waals surface area contributed by atoms with Crippen molar-refractivity contribution in [2.75, 3.05) is 0 Å². The summed E-state index contributed by atoms with van der Waals surface area (Å²) in [5.41, 5.74) is 2.00. The van der Waals surface area contributed by atoms with Crippen LogP contribution < -0.4 is 0 Å². The molecule has 0 bridgehead atoms. The molecule has 0 saturated carbocycles. The van der Waals surface area contributed by atoms with Crippen molar-refractivity contribution >= 4 is 46.0 Å². The van der Waals surface area contributed by atoms with Crippen molar-refractivity contribution in [3.8, 4) is 21.3 Å². The van der Waals surface area contributed by atoms with Gasteiger partial charge in [-0.1, -0.05) is 47.6 Å². The molecule has 0 saturated heterocycles. The quantitative estimate of drug-likeness (QED) is 0.405. The van der Waals surface area contributed by atoms with Gasteiger partial charge < -0.3 is 4.57 Å². The van der Waals surface area contributed by atoms with E-state index in [1.54, 1.807) is 34.4 Å². The molecule has 126 valence electrons. The van der Waals surface area contributed by atoms with E-state index < -0.39 is 0 Å². The number of thioether (sulfide) groups is 1. The van der Waals surface area contributed by atoms with E-state index in [1.165, 1.54) is 0 Å². The summed E-state index contributed by atoms with van der Waals surface area (Å²) >= 11 is 11.2. The number of rotatable bonds is 5. The van der Waals surface area contributed by atoms with Gasteiger partial charge in [-0.05, 0) is 17.5 Å². The molecule has 3 aromatic heterocycles. The van der Waals surface area contributed by atoms with Crippen molar-refractivity contribution in [2.45, 2.75) is 10.9 Å². The van der Waals surface area contributed by atoms with Crippen LogP contribution in [0, 0.1) is 0 Å². The Morgan fingerprint density at radius 3 is 2.80 bits per heavy atom. The first-order valence-corrected chi connectivity index (χ1v) is 10.6. The van der Waals surface area contributed by atoms with E-state index in [2.05, 4.69) is 21.6 Å². The fourth-order valence-electron chi connectivity index (χ4n) is 2.33. The maximum Gasteiger partial charge on any atom is 0.191 e. The van der Waals surface area contributed by atoms with Crippen molar-refractivity contribution in [1.82, 2.24) is 19.7 Å². The lowest BCUT2D eigenvalue weighted by Gasteiger charge is -2.01. The first-order chi connectivity index (χ1) is 12.2. The van der Waals surface area contributed by atoms with E-state index in [0.717, 1.165) is 42.9 Å². The van der Waals surface area contributed by atoms with Crippen LogP contribution >= 0.6 is 46.0 Å². The van der Waals surface area contributed by atoms with Crippen molar-refractivity contribution in [3.05, 3.63) is 57.9 Å². The van der Waals surface area contributed by atoms with Crippen LogP contribution in [0.2, 0.25) is 5.02 Å². The summed E-state index contributed by atoms with van der Waals surface area (Å²) in [4.78, 5) is 5.82. The van der Waals surface area contributed by atoms with Gasteiger partial charge in [0.2, 0.25) is 0 Å². The molecule has 0 unspecified atom stereocenters. The van der Waals surface area contributed by atoms with Crippen LogP contribution in [-0.4, -0.2) is 19.7 Å². The van der Waals surface area contributed by atoms with Gasteiger partial charge >= 0.3 is 0 Å². The molecule has 0 atom stereocenters. The van der Waals surface area contributed by atoms with E-state index >= 15 is 0 Å². The van der Waals surface area contributed by atoms with E-state index in [9.17, 15) is 0 Å². The predicted octanol–water partition coefficient (Wildman–Crippen LogP) is 5.61. The molecule has 8 heteroatoms. The number of hydrogen-bond acceptors (Lipinski definition) is 6. The second-order valence-electron chi connectivity index (χ2n) is 5.26. The molecule has 0 radical (unpaired) electrons. The largest absolute Gasteiger partial charge is 0.304 e. The Hall–Kier alpha value is -1.67. The van der Waals surface area contributed by atoms with Gasteiger partial charge in [0.25, 0.3) is 0 Å². The first-order valence-electron chi connectivity index (χ1n) is 7.48. The highest BCUT2D eigenvalue weighted by atomic mass is 35.5. The third-order valence-electron chi connectivity index (χ3n) is 3.58. The van der Waals surface area contributed by atoms with Crippen LogP contribution in [0.4, 0.5) is 0 Å². The van der Waals surface area contributed by atoms with Crippen LogP contribution in [0.25, 0.3) is 21.3 Å². The zero-order valence-electron chi connectivity index (χ0n) is 13.2. The molecule has 0 amide bonds. The molecule has 4 nitrogen and oxygen atoms in total. The number of nitrogens with zero attached hydrogens (tertiary/aromatic N) is 4. The van der Waals surface area contributed by atoms with Gasteiger partial charge in [-0.15, -0.1) is 32.9 Å². The standard InChI is InChI=1S/C17H13ClN4S3/c1-22-15(14-7-4-8-23-14)20-21-17(22)25-10-11-9-24-16(19-11)12-5-2-3-6-13(12)18/h2-9H,10H2,1H3. The number of benzene rings is 1. The molecular formula is C17H13ClN4S3. The molecule has 25 heavy (non-hydrogen) atoms. The maximum absolute atomic E-state index is 6.25. The molecule has 4 rings (SSSR count). The summed E-state index contributed by atoms with van der Waals surface area (Å²) in [6, 6.07) is 11.9. The summed E-state index contributed by atoms with van der Waals surface area (Å²) in [6.07, 6.45) is 0. The van der Waals surface area contributed by atoms with E-state index in [-0.39, 0.29) is 0 Å². The number of thiazole rings is 1. The van der Waals surface area contributed by atoms with Gasteiger partial charge in [-0.3, -0.25) is 0 Å². The fourth-order valence-corrected chi connectivity index (χ4v) is 5.12. The van der Waals surface area contributed by atoms with Crippen LogP contribution in [0.5, 0.6) is 0 Å². The molecule has 0 spiro atoms. The Balaban J connectivity index is 1.49. The Morgan fingerprint density at radius 2 is 2.00 bits per heavy atom. The van der Waals surface area contributed by atoms with E-state index in [0.29, 0.717) is 0 Å². The third-order valence-corrected chi connectivity index (χ3v) is 6.76. The fraction of sp³-hybridized carbons (Fsp3) is 0.118. The lowest BCUT2D eigenvalue weighted by molar-refractivity contribution is 0.794. The number of aromatic nitrogens is 4. The minimum atomic E-state index is 0.727. The molecule has 3 heterocycles. The molecule has 4 aromatic rings. The van der Waals surface area contributed by atoms with Crippen molar-refractivity contribution in [3.63, 3.8) is 0 Å². The molecule has 0 aliphatic rings. The predicted molar refractivity (Wildman–Crippen MR) is 106 cm³/mol. The van der Waals surface area contributed by atoms with E-state index in [1.807, 2.05) is 47.3 Å². The smallest absolute Gasteiger partial charge is 0.191 e. The molecule has 0 N–H and O–H groups in total. The normalized spacial score (nSPS) is 11.1. The molecule has 1 aromatic carbocycles. The highest BCUT2D eigenvalue weighted by Crippen LogP contribution is 2.32. The zero-order chi connectivity index (χ0) is 17.2. The number of halogens is 1.